The van der Waals surface area contributed by atoms with Gasteiger partial charge in [0.1, 0.15) is 5.82 Å². The Kier molecular flexibility index (Phi) is 4.64. The molecule has 1 saturated carbocycles. The number of nitrogens with zero attached hydrogens (tertiary/aromatic N) is 1. The van der Waals surface area contributed by atoms with Crippen LogP contribution in [0.4, 0.5) is 9.52 Å². The number of aliphatic hydroxyl groups is 1. The number of nitrogens with one attached hydrogen (secondary N) is 1. The Balaban J connectivity index is 1.30. The van der Waals surface area contributed by atoms with E-state index < -0.39 is 11.5 Å². The zero-order valence-corrected chi connectivity index (χ0v) is 18.9. The zero-order valence-electron chi connectivity index (χ0n) is 18.1. The highest BCUT2D eigenvalue weighted by molar-refractivity contribution is 7.14. The second-order valence-corrected chi connectivity index (χ2v) is 10.2. The fourth-order valence-electron chi connectivity index (χ4n) is 5.79. The lowest BCUT2D eigenvalue weighted by Gasteiger charge is -2.51. The molecule has 4 nitrogen and oxygen atoms in total. The van der Waals surface area contributed by atoms with Gasteiger partial charge in [0.25, 0.3) is 0 Å². The fraction of sp³-hybridized carbons (Fsp3) is 0.259. The van der Waals surface area contributed by atoms with Gasteiger partial charge >= 0.3 is 0 Å². The number of amides is 1. The van der Waals surface area contributed by atoms with Gasteiger partial charge in [0.2, 0.25) is 5.91 Å². The van der Waals surface area contributed by atoms with Crippen LogP contribution in [0.2, 0.25) is 0 Å². The van der Waals surface area contributed by atoms with Gasteiger partial charge in [0, 0.05) is 28.2 Å². The van der Waals surface area contributed by atoms with Crippen molar-refractivity contribution in [2.75, 3.05) is 5.32 Å². The Morgan fingerprint density at radius 2 is 1.82 bits per heavy atom. The van der Waals surface area contributed by atoms with Gasteiger partial charge in [0.15, 0.2) is 5.13 Å². The van der Waals surface area contributed by atoms with Gasteiger partial charge in [-0.05, 0) is 41.5 Å². The first-order valence-corrected chi connectivity index (χ1v) is 12.0. The second kappa shape index (κ2) is 7.47. The maximum atomic E-state index is 14.2. The van der Waals surface area contributed by atoms with Crippen molar-refractivity contribution in [2.45, 2.75) is 37.7 Å². The van der Waals surface area contributed by atoms with E-state index in [2.05, 4.69) is 22.4 Å². The average molecular weight is 459 g/mol. The molecule has 3 aliphatic carbocycles. The second-order valence-electron chi connectivity index (χ2n) is 9.35. The molecule has 2 N–H and O–H groups in total. The van der Waals surface area contributed by atoms with Gasteiger partial charge in [-0.25, -0.2) is 9.37 Å². The van der Waals surface area contributed by atoms with E-state index in [4.69, 9.17) is 0 Å². The van der Waals surface area contributed by atoms with E-state index in [0.29, 0.717) is 29.1 Å². The van der Waals surface area contributed by atoms with Gasteiger partial charge in [-0.3, -0.25) is 4.79 Å². The molecule has 166 valence electrons. The molecule has 7 rings (SSSR count). The van der Waals surface area contributed by atoms with E-state index in [0.717, 1.165) is 10.9 Å². The summed E-state index contributed by atoms with van der Waals surface area (Å²) in [5, 5.41) is 17.4. The molecule has 1 amide bonds. The molecule has 0 spiro atoms. The molecule has 4 unspecified atom stereocenters. The summed E-state index contributed by atoms with van der Waals surface area (Å²) in [6.07, 6.45) is 0.794. The molecule has 1 fully saturated rings. The minimum absolute atomic E-state index is 0.0283. The van der Waals surface area contributed by atoms with E-state index in [-0.39, 0.29) is 23.6 Å². The Hall–Kier alpha value is -3.09. The molecular formula is C27H23FN2O2S. The molecule has 3 aromatic carbocycles. The molecule has 2 bridgehead atoms. The van der Waals surface area contributed by atoms with Crippen molar-refractivity contribution in [3.05, 3.63) is 83.0 Å². The van der Waals surface area contributed by atoms with Gasteiger partial charge < -0.3 is 10.4 Å². The van der Waals surface area contributed by atoms with E-state index in [9.17, 15) is 14.3 Å². The van der Waals surface area contributed by atoms with Crippen molar-refractivity contribution in [1.29, 1.82) is 0 Å². The highest BCUT2D eigenvalue weighted by Gasteiger charge is 2.54. The minimum Gasteiger partial charge on any atom is -0.392 e. The van der Waals surface area contributed by atoms with E-state index >= 15 is 0 Å². The lowest BCUT2D eigenvalue weighted by Crippen LogP contribution is -2.50. The molecule has 1 heterocycles. The molecule has 6 heteroatoms. The van der Waals surface area contributed by atoms with Crippen molar-refractivity contribution in [2.24, 2.45) is 5.41 Å². The third kappa shape index (κ3) is 3.12. The Morgan fingerprint density at radius 3 is 2.64 bits per heavy atom. The van der Waals surface area contributed by atoms with E-state index in [1.54, 1.807) is 12.1 Å². The van der Waals surface area contributed by atoms with Crippen LogP contribution in [0, 0.1) is 11.2 Å². The number of aromatic nitrogens is 1. The smallest absolute Gasteiger partial charge is 0.232 e. The summed E-state index contributed by atoms with van der Waals surface area (Å²) in [6.45, 7) is 2.00. The van der Waals surface area contributed by atoms with Crippen LogP contribution in [0.1, 0.15) is 42.7 Å². The molecule has 33 heavy (non-hydrogen) atoms. The van der Waals surface area contributed by atoms with Crippen molar-refractivity contribution >= 4 is 33.1 Å². The monoisotopic (exact) mass is 458 g/mol. The van der Waals surface area contributed by atoms with Crippen molar-refractivity contribution in [3.8, 4) is 11.3 Å². The first-order valence-electron chi connectivity index (χ1n) is 11.2. The third-order valence-electron chi connectivity index (χ3n) is 7.52. The first kappa shape index (κ1) is 20.5. The Bertz CT molecular complexity index is 1400. The highest BCUT2D eigenvalue weighted by atomic mass is 32.1. The van der Waals surface area contributed by atoms with Crippen molar-refractivity contribution in [1.82, 2.24) is 4.98 Å². The molecule has 0 aliphatic heterocycles. The molecule has 0 saturated heterocycles. The SMILES string of the molecule is CC1(C(=O)Nc2nc(-c3ccc(F)c4ccccc34)cs2)CC2c3ccccc3C1CC2O. The zero-order chi connectivity index (χ0) is 22.7. The van der Waals surface area contributed by atoms with Crippen LogP contribution in [0.3, 0.4) is 0 Å². The van der Waals surface area contributed by atoms with Gasteiger partial charge in [-0.2, -0.15) is 0 Å². The minimum atomic E-state index is -0.618. The lowest BCUT2D eigenvalue weighted by atomic mass is 9.53. The summed E-state index contributed by atoms with van der Waals surface area (Å²) in [6, 6.07) is 18.7. The maximum Gasteiger partial charge on any atom is 0.232 e. The van der Waals surface area contributed by atoms with Crippen LogP contribution in [-0.2, 0) is 4.79 Å². The van der Waals surface area contributed by atoms with Crippen LogP contribution in [0.5, 0.6) is 0 Å². The lowest BCUT2D eigenvalue weighted by molar-refractivity contribution is -0.130. The molecule has 3 aliphatic rings. The largest absolute Gasteiger partial charge is 0.392 e. The summed E-state index contributed by atoms with van der Waals surface area (Å²) in [5.41, 5.74) is 3.28. The molecule has 0 radical (unpaired) electrons. The predicted octanol–water partition coefficient (Wildman–Crippen LogP) is 6.08. The number of hydrogen-bond donors (Lipinski definition) is 2. The number of thiazole rings is 1. The fourth-order valence-corrected chi connectivity index (χ4v) is 6.49. The maximum absolute atomic E-state index is 14.2. The molecule has 4 aromatic rings. The van der Waals surface area contributed by atoms with E-state index in [1.807, 2.05) is 42.6 Å². The predicted molar refractivity (Wildman–Crippen MR) is 129 cm³/mol. The number of halogens is 1. The molecule has 4 atom stereocenters. The number of carbonyl (C=O) groups excluding carboxylic acids is 1. The number of aliphatic hydroxyl groups excluding tert-OH is 1. The van der Waals surface area contributed by atoms with Gasteiger partial charge in [-0.15, -0.1) is 11.3 Å². The van der Waals surface area contributed by atoms with Crippen LogP contribution in [0.15, 0.2) is 66.0 Å². The quantitative estimate of drug-likeness (QED) is 0.391. The number of anilines is 1. The highest BCUT2D eigenvalue weighted by Crippen LogP contribution is 2.58. The van der Waals surface area contributed by atoms with Crippen LogP contribution < -0.4 is 5.32 Å². The molecular weight excluding hydrogens is 435 g/mol. The standard InChI is InChI=1S/C27H23FN2O2S/c1-27(13-20-15-6-2-4-8-17(15)21(27)12-24(20)31)25(32)30-26-29-23(14-33-26)19-10-11-22(28)18-9-5-3-7-16(18)19/h2-11,14,20-21,24,31H,12-13H2,1H3,(H,29,30,32). The summed E-state index contributed by atoms with van der Waals surface area (Å²) in [4.78, 5) is 18.2. The summed E-state index contributed by atoms with van der Waals surface area (Å²) < 4.78 is 14.2. The topological polar surface area (TPSA) is 62.2 Å². The number of carbonyl (C=O) groups is 1. The number of hydrogen-bond acceptors (Lipinski definition) is 4. The number of benzene rings is 3. The Labute approximate surface area is 195 Å². The normalized spacial score (nSPS) is 25.7. The third-order valence-corrected chi connectivity index (χ3v) is 8.27. The summed E-state index contributed by atoms with van der Waals surface area (Å²) in [7, 11) is 0. The van der Waals surface area contributed by atoms with Crippen LogP contribution in [0.25, 0.3) is 22.0 Å². The average Bonchev–Trinajstić information content (AvgIpc) is 3.29. The van der Waals surface area contributed by atoms with Crippen molar-refractivity contribution in [3.63, 3.8) is 0 Å². The summed E-state index contributed by atoms with van der Waals surface area (Å²) >= 11 is 1.37. The van der Waals surface area contributed by atoms with Crippen LogP contribution in [-0.4, -0.2) is 22.1 Å². The number of rotatable bonds is 3. The Morgan fingerprint density at radius 1 is 1.09 bits per heavy atom. The van der Waals surface area contributed by atoms with Crippen LogP contribution >= 0.6 is 11.3 Å². The van der Waals surface area contributed by atoms with Gasteiger partial charge in [-0.1, -0.05) is 55.5 Å². The van der Waals surface area contributed by atoms with Crippen molar-refractivity contribution < 1.29 is 14.3 Å². The number of fused-ring (bicyclic) bond motifs is 3. The molecule has 1 aromatic heterocycles. The van der Waals surface area contributed by atoms with E-state index in [1.165, 1.54) is 28.5 Å². The summed E-state index contributed by atoms with van der Waals surface area (Å²) in [5.74, 6) is -0.391. The first-order chi connectivity index (χ1) is 16.0. The van der Waals surface area contributed by atoms with Gasteiger partial charge in [0.05, 0.1) is 17.2 Å².